The van der Waals surface area contributed by atoms with Crippen molar-refractivity contribution in [1.82, 2.24) is 9.55 Å². The van der Waals surface area contributed by atoms with Gasteiger partial charge in [-0.2, -0.15) is 0 Å². The van der Waals surface area contributed by atoms with Gasteiger partial charge in [0.25, 0.3) is 0 Å². The largest absolute Gasteiger partial charge is 0.371 e. The third-order valence-corrected chi connectivity index (χ3v) is 6.23. The number of aromatic nitrogens is 2. The highest BCUT2D eigenvalue weighted by Gasteiger charge is 2.23. The first-order valence-corrected chi connectivity index (χ1v) is 11.4. The van der Waals surface area contributed by atoms with Gasteiger partial charge in [0.1, 0.15) is 5.82 Å². The van der Waals surface area contributed by atoms with Crippen LogP contribution in [0.15, 0.2) is 79.4 Å². The quantitative estimate of drug-likeness (QED) is 0.296. The lowest BCUT2D eigenvalue weighted by atomic mass is 10.1. The van der Waals surface area contributed by atoms with Crippen LogP contribution in [-0.4, -0.2) is 28.9 Å². The molecule has 1 aliphatic rings. The van der Waals surface area contributed by atoms with Crippen LogP contribution in [-0.2, 0) is 0 Å². The molecule has 164 valence electrons. The standard InChI is InChI=1S/C28H31N3O/c1-4-5-6-7-10-19-30(3)24-16-13-22(14-17-24)28-29-26-20-23(21(2)32)15-18-27(26)31(28)25-11-8-9-12-25/h4-7,10,13-18,20,25H,1,8-9,11-12,19H2,2-3H3/b6-5-,10-7+. The maximum Gasteiger partial charge on any atom is 0.159 e. The lowest BCUT2D eigenvalue weighted by Crippen LogP contribution is -2.16. The predicted molar refractivity (Wildman–Crippen MR) is 134 cm³/mol. The van der Waals surface area contributed by atoms with E-state index in [0.717, 1.165) is 34.7 Å². The van der Waals surface area contributed by atoms with Crippen LogP contribution >= 0.6 is 0 Å². The molecule has 3 aromatic rings. The van der Waals surface area contributed by atoms with Gasteiger partial charge < -0.3 is 9.47 Å². The van der Waals surface area contributed by atoms with Gasteiger partial charge in [0.2, 0.25) is 0 Å². The number of fused-ring (bicyclic) bond motifs is 1. The van der Waals surface area contributed by atoms with Gasteiger partial charge in [-0.15, -0.1) is 0 Å². The Balaban J connectivity index is 1.65. The van der Waals surface area contributed by atoms with Crippen molar-refractivity contribution in [3.63, 3.8) is 0 Å². The summed E-state index contributed by atoms with van der Waals surface area (Å²) in [5, 5.41) is 0. The summed E-state index contributed by atoms with van der Waals surface area (Å²) < 4.78 is 2.40. The van der Waals surface area contributed by atoms with Crippen molar-refractivity contribution in [2.75, 3.05) is 18.5 Å². The number of likely N-dealkylation sites (N-methyl/N-ethyl adjacent to an activating group) is 1. The first kappa shape index (κ1) is 21.8. The molecule has 1 aromatic heterocycles. The van der Waals surface area contributed by atoms with E-state index in [-0.39, 0.29) is 5.78 Å². The second-order valence-electron chi connectivity index (χ2n) is 8.48. The first-order chi connectivity index (χ1) is 15.6. The molecule has 1 heterocycles. The molecule has 2 aromatic carbocycles. The number of rotatable bonds is 8. The minimum Gasteiger partial charge on any atom is -0.371 e. The molecule has 0 N–H and O–H groups in total. The van der Waals surface area contributed by atoms with E-state index in [0.29, 0.717) is 11.6 Å². The van der Waals surface area contributed by atoms with Crippen LogP contribution in [0, 0.1) is 0 Å². The number of hydrogen-bond acceptors (Lipinski definition) is 3. The molecule has 1 aliphatic carbocycles. The second kappa shape index (κ2) is 9.82. The van der Waals surface area contributed by atoms with Gasteiger partial charge in [-0.3, -0.25) is 4.79 Å². The molecule has 0 unspecified atom stereocenters. The summed E-state index contributed by atoms with van der Waals surface area (Å²) in [6, 6.07) is 15.0. The summed E-state index contributed by atoms with van der Waals surface area (Å²) in [5.74, 6) is 1.07. The number of anilines is 1. The number of carbonyl (C=O) groups excluding carboxylic acids is 1. The molecule has 0 amide bonds. The topological polar surface area (TPSA) is 38.1 Å². The molecule has 1 saturated carbocycles. The van der Waals surface area contributed by atoms with Gasteiger partial charge in [0.05, 0.1) is 11.0 Å². The Hall–Kier alpha value is -3.40. The van der Waals surface area contributed by atoms with E-state index in [1.165, 1.54) is 25.7 Å². The third kappa shape index (κ3) is 4.59. The van der Waals surface area contributed by atoms with Crippen molar-refractivity contribution < 1.29 is 4.79 Å². The van der Waals surface area contributed by atoms with E-state index < -0.39 is 0 Å². The maximum atomic E-state index is 11.9. The molecule has 0 atom stereocenters. The molecule has 0 aliphatic heterocycles. The molecule has 1 fully saturated rings. The average Bonchev–Trinajstić information content (AvgIpc) is 3.46. The van der Waals surface area contributed by atoms with E-state index in [4.69, 9.17) is 4.98 Å². The predicted octanol–water partition coefficient (Wildman–Crippen LogP) is 6.76. The molecule has 0 radical (unpaired) electrons. The number of ketones is 1. The Morgan fingerprint density at radius 3 is 2.56 bits per heavy atom. The Morgan fingerprint density at radius 2 is 1.88 bits per heavy atom. The summed E-state index contributed by atoms with van der Waals surface area (Å²) in [6.45, 7) is 6.11. The van der Waals surface area contributed by atoms with Gasteiger partial charge in [0, 0.05) is 36.4 Å². The zero-order chi connectivity index (χ0) is 22.5. The highest BCUT2D eigenvalue weighted by atomic mass is 16.1. The van der Waals surface area contributed by atoms with Crippen molar-refractivity contribution in [2.45, 2.75) is 38.6 Å². The van der Waals surface area contributed by atoms with Crippen LogP contribution in [0.25, 0.3) is 22.4 Å². The lowest BCUT2D eigenvalue weighted by molar-refractivity contribution is 0.101. The SMILES string of the molecule is C=C/C=C\C=C\CN(C)c1ccc(-c2nc3cc(C(C)=O)ccc3n2C2CCCC2)cc1. The van der Waals surface area contributed by atoms with Crippen LogP contribution < -0.4 is 4.90 Å². The molecule has 4 rings (SSSR count). The Kier molecular flexibility index (Phi) is 6.69. The van der Waals surface area contributed by atoms with Crippen LogP contribution in [0.3, 0.4) is 0 Å². The van der Waals surface area contributed by atoms with Crippen LogP contribution in [0.4, 0.5) is 5.69 Å². The van der Waals surface area contributed by atoms with Crippen molar-refractivity contribution in [2.24, 2.45) is 0 Å². The maximum absolute atomic E-state index is 11.9. The number of Topliss-reactive ketones (excluding diaryl/α,β-unsaturated/α-hetero) is 1. The number of allylic oxidation sites excluding steroid dienone is 4. The van der Waals surface area contributed by atoms with Gasteiger partial charge in [0.15, 0.2) is 5.78 Å². The van der Waals surface area contributed by atoms with E-state index >= 15 is 0 Å². The Labute approximate surface area is 190 Å². The van der Waals surface area contributed by atoms with Gasteiger partial charge in [-0.1, -0.05) is 49.8 Å². The molecular formula is C28H31N3O. The lowest BCUT2D eigenvalue weighted by Gasteiger charge is -2.19. The summed E-state index contributed by atoms with van der Waals surface area (Å²) in [5.41, 5.74) is 5.01. The van der Waals surface area contributed by atoms with Gasteiger partial charge in [-0.05, 0) is 62.2 Å². The third-order valence-electron chi connectivity index (χ3n) is 6.23. The fourth-order valence-electron chi connectivity index (χ4n) is 4.46. The number of benzene rings is 2. The van der Waals surface area contributed by atoms with Crippen molar-refractivity contribution in [3.8, 4) is 11.4 Å². The summed E-state index contributed by atoms with van der Waals surface area (Å²) in [6.07, 6.45) is 14.7. The zero-order valence-electron chi connectivity index (χ0n) is 19.0. The van der Waals surface area contributed by atoms with Crippen LogP contribution in [0.2, 0.25) is 0 Å². The van der Waals surface area contributed by atoms with Crippen LogP contribution in [0.5, 0.6) is 0 Å². The highest BCUT2D eigenvalue weighted by molar-refractivity contribution is 5.97. The molecule has 0 bridgehead atoms. The molecule has 32 heavy (non-hydrogen) atoms. The molecule has 4 heteroatoms. The summed E-state index contributed by atoms with van der Waals surface area (Å²) in [4.78, 5) is 19.1. The average molecular weight is 426 g/mol. The molecular weight excluding hydrogens is 394 g/mol. The van der Waals surface area contributed by atoms with Gasteiger partial charge >= 0.3 is 0 Å². The summed E-state index contributed by atoms with van der Waals surface area (Å²) >= 11 is 0. The number of hydrogen-bond donors (Lipinski definition) is 0. The monoisotopic (exact) mass is 425 g/mol. The zero-order valence-corrected chi connectivity index (χ0v) is 19.0. The Bertz CT molecular complexity index is 1160. The normalized spacial score (nSPS) is 14.7. The minimum atomic E-state index is 0.0743. The van der Waals surface area contributed by atoms with E-state index in [1.54, 1.807) is 13.0 Å². The van der Waals surface area contributed by atoms with E-state index in [9.17, 15) is 4.79 Å². The smallest absolute Gasteiger partial charge is 0.159 e. The first-order valence-electron chi connectivity index (χ1n) is 11.4. The van der Waals surface area contributed by atoms with E-state index in [2.05, 4.69) is 59.5 Å². The van der Waals surface area contributed by atoms with Crippen molar-refractivity contribution in [3.05, 3.63) is 85.0 Å². The molecule has 4 nitrogen and oxygen atoms in total. The van der Waals surface area contributed by atoms with E-state index in [1.807, 2.05) is 30.4 Å². The highest BCUT2D eigenvalue weighted by Crippen LogP contribution is 2.37. The van der Waals surface area contributed by atoms with Crippen molar-refractivity contribution >= 4 is 22.5 Å². The number of carbonyl (C=O) groups is 1. The fraction of sp³-hybridized carbons (Fsp3) is 0.286. The fourth-order valence-corrected chi connectivity index (χ4v) is 4.46. The van der Waals surface area contributed by atoms with Crippen LogP contribution in [0.1, 0.15) is 49.0 Å². The van der Waals surface area contributed by atoms with Gasteiger partial charge in [-0.25, -0.2) is 4.98 Å². The number of imidazole rings is 1. The molecule has 0 spiro atoms. The number of nitrogens with zero attached hydrogens (tertiary/aromatic N) is 3. The second-order valence-corrected chi connectivity index (χ2v) is 8.48. The van der Waals surface area contributed by atoms with Crippen molar-refractivity contribution in [1.29, 1.82) is 0 Å². The summed E-state index contributed by atoms with van der Waals surface area (Å²) in [7, 11) is 2.09. The Morgan fingerprint density at radius 1 is 1.12 bits per heavy atom. The molecule has 0 saturated heterocycles. The minimum absolute atomic E-state index is 0.0743.